The Morgan fingerprint density at radius 3 is 2.52 bits per heavy atom. The molecule has 1 aliphatic heterocycles. The first-order chi connectivity index (χ1) is 15.2. The lowest BCUT2D eigenvalue weighted by Gasteiger charge is -2.39. The number of carbonyl (C=O) groups excluding carboxylic acids is 1. The van der Waals surface area contributed by atoms with E-state index in [1.807, 2.05) is 4.90 Å². The molecule has 3 aromatic carbocycles. The standard InChI is InChI=1S/C28H32N2O/c1-2-29(27-13-6-9-22-8-3-4-12-26(22)27)25-11-5-10-23(20-25)21-15-17-24(18-16-21)30-19-7-14-28(30)31/h3-4,6,8-9,12-13,15-18,23,25H,2,5,7,10-11,14,19-20H2,1H3. The summed E-state index contributed by atoms with van der Waals surface area (Å²) >= 11 is 0. The molecule has 31 heavy (non-hydrogen) atoms. The average molecular weight is 413 g/mol. The fourth-order valence-electron chi connectivity index (χ4n) is 5.68. The fraction of sp³-hybridized carbons (Fsp3) is 0.393. The minimum absolute atomic E-state index is 0.263. The van der Waals surface area contributed by atoms with Gasteiger partial charge >= 0.3 is 0 Å². The van der Waals surface area contributed by atoms with E-state index in [9.17, 15) is 4.79 Å². The van der Waals surface area contributed by atoms with Crippen LogP contribution >= 0.6 is 0 Å². The predicted molar refractivity (Wildman–Crippen MR) is 130 cm³/mol. The van der Waals surface area contributed by atoms with E-state index in [0.29, 0.717) is 18.4 Å². The van der Waals surface area contributed by atoms with E-state index in [1.54, 1.807) is 0 Å². The van der Waals surface area contributed by atoms with Gasteiger partial charge in [-0.05, 0) is 67.7 Å². The minimum Gasteiger partial charge on any atom is -0.368 e. The monoisotopic (exact) mass is 412 g/mol. The van der Waals surface area contributed by atoms with Crippen LogP contribution in [-0.4, -0.2) is 25.0 Å². The number of hydrogen-bond acceptors (Lipinski definition) is 2. The zero-order chi connectivity index (χ0) is 21.2. The lowest BCUT2D eigenvalue weighted by Crippen LogP contribution is -2.38. The van der Waals surface area contributed by atoms with Crippen LogP contribution in [0.1, 0.15) is 56.9 Å². The summed E-state index contributed by atoms with van der Waals surface area (Å²) in [5, 5.41) is 2.67. The van der Waals surface area contributed by atoms with Gasteiger partial charge in [-0.1, -0.05) is 55.0 Å². The van der Waals surface area contributed by atoms with Crippen molar-refractivity contribution in [1.29, 1.82) is 0 Å². The van der Waals surface area contributed by atoms with Gasteiger partial charge in [0.1, 0.15) is 0 Å². The summed E-state index contributed by atoms with van der Waals surface area (Å²) in [6.07, 6.45) is 6.64. The Bertz CT molecular complexity index is 1050. The van der Waals surface area contributed by atoms with Crippen molar-refractivity contribution in [3.8, 4) is 0 Å². The molecule has 2 unspecified atom stereocenters. The third-order valence-corrected chi connectivity index (χ3v) is 7.25. The summed E-state index contributed by atoms with van der Waals surface area (Å²) in [7, 11) is 0. The molecule has 5 rings (SSSR count). The van der Waals surface area contributed by atoms with Crippen molar-refractivity contribution in [2.45, 2.75) is 57.4 Å². The lowest BCUT2D eigenvalue weighted by molar-refractivity contribution is -0.117. The van der Waals surface area contributed by atoms with Gasteiger partial charge in [0.15, 0.2) is 0 Å². The van der Waals surface area contributed by atoms with E-state index in [1.165, 1.54) is 47.7 Å². The van der Waals surface area contributed by atoms with Gasteiger partial charge in [-0.3, -0.25) is 4.79 Å². The normalized spacial score (nSPS) is 21.6. The van der Waals surface area contributed by atoms with Crippen LogP contribution < -0.4 is 9.80 Å². The van der Waals surface area contributed by atoms with Crippen molar-refractivity contribution in [3.63, 3.8) is 0 Å². The molecule has 1 heterocycles. The van der Waals surface area contributed by atoms with Crippen molar-refractivity contribution in [3.05, 3.63) is 72.3 Å². The topological polar surface area (TPSA) is 23.6 Å². The second kappa shape index (κ2) is 8.74. The van der Waals surface area contributed by atoms with Gasteiger partial charge in [0, 0.05) is 42.3 Å². The smallest absolute Gasteiger partial charge is 0.227 e. The van der Waals surface area contributed by atoms with Crippen molar-refractivity contribution in [1.82, 2.24) is 0 Å². The number of fused-ring (bicyclic) bond motifs is 1. The summed E-state index contributed by atoms with van der Waals surface area (Å²) in [6.45, 7) is 4.18. The largest absolute Gasteiger partial charge is 0.368 e. The fourth-order valence-corrected chi connectivity index (χ4v) is 5.68. The molecular weight excluding hydrogens is 380 g/mol. The molecule has 2 atom stereocenters. The molecule has 1 aliphatic carbocycles. The second-order valence-electron chi connectivity index (χ2n) is 9.04. The van der Waals surface area contributed by atoms with Gasteiger partial charge in [-0.15, -0.1) is 0 Å². The van der Waals surface area contributed by atoms with E-state index in [4.69, 9.17) is 0 Å². The zero-order valence-electron chi connectivity index (χ0n) is 18.5. The number of amides is 1. The molecule has 0 N–H and O–H groups in total. The Balaban J connectivity index is 1.36. The summed E-state index contributed by atoms with van der Waals surface area (Å²) in [5.41, 5.74) is 3.85. The predicted octanol–water partition coefficient (Wildman–Crippen LogP) is 6.52. The highest BCUT2D eigenvalue weighted by atomic mass is 16.2. The van der Waals surface area contributed by atoms with Crippen LogP contribution in [0.2, 0.25) is 0 Å². The third-order valence-electron chi connectivity index (χ3n) is 7.25. The van der Waals surface area contributed by atoms with Gasteiger partial charge in [-0.25, -0.2) is 0 Å². The first kappa shape index (κ1) is 20.1. The van der Waals surface area contributed by atoms with Crippen molar-refractivity contribution < 1.29 is 4.79 Å². The van der Waals surface area contributed by atoms with Crippen LogP contribution in [0.15, 0.2) is 66.7 Å². The molecule has 160 valence electrons. The maximum atomic E-state index is 12.1. The van der Waals surface area contributed by atoms with Gasteiger partial charge in [0.25, 0.3) is 0 Å². The molecular formula is C28H32N2O. The van der Waals surface area contributed by atoms with Crippen LogP contribution in [0, 0.1) is 0 Å². The molecule has 1 saturated carbocycles. The number of nitrogens with zero attached hydrogens (tertiary/aromatic N) is 2. The highest BCUT2D eigenvalue weighted by Crippen LogP contribution is 2.39. The zero-order valence-corrected chi connectivity index (χ0v) is 18.5. The van der Waals surface area contributed by atoms with Crippen LogP contribution in [0.4, 0.5) is 11.4 Å². The van der Waals surface area contributed by atoms with E-state index in [-0.39, 0.29) is 5.91 Å². The van der Waals surface area contributed by atoms with Gasteiger partial charge in [0.2, 0.25) is 5.91 Å². The average Bonchev–Trinajstić information content (AvgIpc) is 3.26. The molecule has 2 aliphatic rings. The molecule has 3 aromatic rings. The van der Waals surface area contributed by atoms with E-state index in [0.717, 1.165) is 25.2 Å². The molecule has 1 amide bonds. The molecule has 0 spiro atoms. The third kappa shape index (κ3) is 3.94. The first-order valence-corrected chi connectivity index (χ1v) is 11.9. The molecule has 0 radical (unpaired) electrons. The molecule has 2 fully saturated rings. The summed E-state index contributed by atoms with van der Waals surface area (Å²) < 4.78 is 0. The molecule has 0 aromatic heterocycles. The molecule has 3 nitrogen and oxygen atoms in total. The van der Waals surface area contributed by atoms with Gasteiger partial charge < -0.3 is 9.80 Å². The highest BCUT2D eigenvalue weighted by molar-refractivity contribution is 5.95. The second-order valence-corrected chi connectivity index (χ2v) is 9.04. The summed E-state index contributed by atoms with van der Waals surface area (Å²) in [6, 6.07) is 24.8. The van der Waals surface area contributed by atoms with Crippen molar-refractivity contribution in [2.24, 2.45) is 0 Å². The maximum Gasteiger partial charge on any atom is 0.227 e. The first-order valence-electron chi connectivity index (χ1n) is 11.9. The Morgan fingerprint density at radius 2 is 1.74 bits per heavy atom. The summed E-state index contributed by atoms with van der Waals surface area (Å²) in [4.78, 5) is 16.6. The van der Waals surface area contributed by atoms with Crippen LogP contribution in [0.25, 0.3) is 10.8 Å². The van der Waals surface area contributed by atoms with Crippen molar-refractivity contribution in [2.75, 3.05) is 22.9 Å². The lowest BCUT2D eigenvalue weighted by atomic mass is 9.80. The summed E-state index contributed by atoms with van der Waals surface area (Å²) in [5.74, 6) is 0.852. The van der Waals surface area contributed by atoms with Gasteiger partial charge in [0.05, 0.1) is 0 Å². The molecule has 3 heteroatoms. The molecule has 1 saturated heterocycles. The number of rotatable bonds is 5. The van der Waals surface area contributed by atoms with Crippen LogP contribution in [0.3, 0.4) is 0 Å². The number of benzene rings is 3. The van der Waals surface area contributed by atoms with E-state index >= 15 is 0 Å². The highest BCUT2D eigenvalue weighted by Gasteiger charge is 2.28. The van der Waals surface area contributed by atoms with Crippen molar-refractivity contribution >= 4 is 28.1 Å². The Kier molecular flexibility index (Phi) is 5.67. The maximum absolute atomic E-state index is 12.1. The number of anilines is 2. The Morgan fingerprint density at radius 1 is 0.935 bits per heavy atom. The Labute approximate surface area is 185 Å². The number of hydrogen-bond donors (Lipinski definition) is 0. The van der Waals surface area contributed by atoms with Crippen LogP contribution in [0.5, 0.6) is 0 Å². The Hall–Kier alpha value is -2.81. The molecule has 0 bridgehead atoms. The minimum atomic E-state index is 0.263. The number of carbonyl (C=O) groups is 1. The SMILES string of the molecule is CCN(c1cccc2ccccc12)C1CCCC(c2ccc(N3CCCC3=O)cc2)C1. The van der Waals surface area contributed by atoms with Crippen LogP contribution in [-0.2, 0) is 4.79 Å². The van der Waals surface area contributed by atoms with E-state index in [2.05, 4.69) is 78.6 Å². The van der Waals surface area contributed by atoms with Gasteiger partial charge in [-0.2, -0.15) is 0 Å². The van der Waals surface area contributed by atoms with E-state index < -0.39 is 0 Å². The quantitative estimate of drug-likeness (QED) is 0.476.